The van der Waals surface area contributed by atoms with Crippen molar-refractivity contribution in [2.75, 3.05) is 6.54 Å². The first-order valence-electron chi connectivity index (χ1n) is 3.59. The van der Waals surface area contributed by atoms with Gasteiger partial charge in [0.05, 0.1) is 6.07 Å². The minimum absolute atomic E-state index is 0.0266. The molecule has 1 aromatic rings. The Bertz CT molecular complexity index is 282. The highest BCUT2D eigenvalue weighted by molar-refractivity contribution is 5.19. The number of nitro groups is 1. The Balaban J connectivity index is 2.84. The molecule has 1 unspecified atom stereocenters. The molecule has 0 fully saturated rings. The Morgan fingerprint density at radius 2 is 2.42 bits per heavy atom. The van der Waals surface area contributed by atoms with Crippen LogP contribution in [-0.2, 0) is 0 Å². The van der Waals surface area contributed by atoms with Gasteiger partial charge in [0.2, 0.25) is 0 Å². The van der Waals surface area contributed by atoms with Gasteiger partial charge in [-0.2, -0.15) is 0 Å². The van der Waals surface area contributed by atoms with Crippen molar-refractivity contribution in [1.82, 2.24) is 0 Å². The molecule has 1 heterocycles. The molecule has 0 aliphatic carbocycles. The molecule has 0 saturated carbocycles. The molecule has 5 nitrogen and oxygen atoms in total. The fraction of sp³-hybridized carbons (Fsp3) is 0.429. The lowest BCUT2D eigenvalue weighted by Crippen LogP contribution is -2.07. The highest BCUT2D eigenvalue weighted by atomic mass is 16.6. The zero-order valence-corrected chi connectivity index (χ0v) is 6.69. The second kappa shape index (κ2) is 3.36. The van der Waals surface area contributed by atoms with E-state index >= 15 is 0 Å². The van der Waals surface area contributed by atoms with E-state index in [0.717, 1.165) is 0 Å². The number of hydrogen-bond donors (Lipinski definition) is 1. The summed E-state index contributed by atoms with van der Waals surface area (Å²) < 4.78 is 4.92. The fourth-order valence-corrected chi connectivity index (χ4v) is 0.821. The Hall–Kier alpha value is -1.36. The monoisotopic (exact) mass is 170 g/mol. The summed E-state index contributed by atoms with van der Waals surface area (Å²) in [5.74, 6) is 0.355. The van der Waals surface area contributed by atoms with E-state index in [-0.39, 0.29) is 11.8 Å². The van der Waals surface area contributed by atoms with Crippen LogP contribution in [0.4, 0.5) is 5.88 Å². The van der Waals surface area contributed by atoms with Gasteiger partial charge >= 0.3 is 5.88 Å². The molecule has 1 atom stereocenters. The highest BCUT2D eigenvalue weighted by Crippen LogP contribution is 2.21. The summed E-state index contributed by atoms with van der Waals surface area (Å²) in [4.78, 5) is 9.64. The average Bonchev–Trinajstić information content (AvgIpc) is 2.51. The number of furan rings is 1. The van der Waals surface area contributed by atoms with Crippen molar-refractivity contribution in [3.05, 3.63) is 28.0 Å². The molecule has 0 spiro atoms. The third-order valence-electron chi connectivity index (χ3n) is 1.63. The fourth-order valence-electron chi connectivity index (χ4n) is 0.821. The quantitative estimate of drug-likeness (QED) is 0.546. The first kappa shape index (κ1) is 8.73. The standard InChI is InChI=1S/C7H10N2O3/c1-5(4-8)6-2-3-7(12-6)9(10)11/h2-3,5H,4,8H2,1H3. The van der Waals surface area contributed by atoms with Crippen molar-refractivity contribution in [3.63, 3.8) is 0 Å². The lowest BCUT2D eigenvalue weighted by Gasteiger charge is -2.01. The highest BCUT2D eigenvalue weighted by Gasteiger charge is 2.14. The number of nitrogens with zero attached hydrogens (tertiary/aromatic N) is 1. The largest absolute Gasteiger partial charge is 0.433 e. The zero-order valence-electron chi connectivity index (χ0n) is 6.69. The summed E-state index contributed by atoms with van der Waals surface area (Å²) in [6, 6.07) is 2.91. The molecule has 0 aliphatic heterocycles. The van der Waals surface area contributed by atoms with Gasteiger partial charge in [-0.1, -0.05) is 6.92 Å². The maximum Gasteiger partial charge on any atom is 0.433 e. The van der Waals surface area contributed by atoms with Crippen molar-refractivity contribution in [2.24, 2.45) is 5.73 Å². The maximum atomic E-state index is 10.2. The van der Waals surface area contributed by atoms with Crippen LogP contribution in [0.25, 0.3) is 0 Å². The van der Waals surface area contributed by atoms with E-state index < -0.39 is 4.92 Å². The molecule has 66 valence electrons. The molecule has 2 N–H and O–H groups in total. The van der Waals surface area contributed by atoms with Crippen molar-refractivity contribution in [2.45, 2.75) is 12.8 Å². The van der Waals surface area contributed by atoms with Crippen LogP contribution >= 0.6 is 0 Å². The van der Waals surface area contributed by atoms with Gasteiger partial charge in [0.1, 0.15) is 10.7 Å². The number of rotatable bonds is 3. The maximum absolute atomic E-state index is 10.2. The van der Waals surface area contributed by atoms with Crippen molar-refractivity contribution >= 4 is 5.88 Å². The lowest BCUT2D eigenvalue weighted by molar-refractivity contribution is -0.402. The third kappa shape index (κ3) is 1.62. The van der Waals surface area contributed by atoms with Crippen LogP contribution in [0.15, 0.2) is 16.5 Å². The van der Waals surface area contributed by atoms with Gasteiger partial charge in [0.15, 0.2) is 0 Å². The van der Waals surface area contributed by atoms with Gasteiger partial charge in [0.25, 0.3) is 0 Å². The van der Waals surface area contributed by atoms with E-state index in [1.807, 2.05) is 6.92 Å². The van der Waals surface area contributed by atoms with Gasteiger partial charge in [-0.15, -0.1) is 0 Å². The first-order valence-corrected chi connectivity index (χ1v) is 3.59. The molecular formula is C7H10N2O3. The summed E-state index contributed by atoms with van der Waals surface area (Å²) in [5.41, 5.74) is 5.36. The molecule has 1 aromatic heterocycles. The summed E-state index contributed by atoms with van der Waals surface area (Å²) in [5, 5.41) is 10.2. The van der Waals surface area contributed by atoms with Crippen molar-refractivity contribution in [1.29, 1.82) is 0 Å². The van der Waals surface area contributed by atoms with Gasteiger partial charge in [0, 0.05) is 12.5 Å². The van der Waals surface area contributed by atoms with E-state index in [9.17, 15) is 10.1 Å². The van der Waals surface area contributed by atoms with Crippen LogP contribution in [0.2, 0.25) is 0 Å². The van der Waals surface area contributed by atoms with Crippen LogP contribution in [0, 0.1) is 10.1 Å². The predicted octanol–water partition coefficient (Wildman–Crippen LogP) is 1.25. The van der Waals surface area contributed by atoms with E-state index in [1.165, 1.54) is 6.07 Å². The molecule has 0 aromatic carbocycles. The molecule has 0 saturated heterocycles. The molecule has 0 radical (unpaired) electrons. The smallest absolute Gasteiger partial charge is 0.406 e. The average molecular weight is 170 g/mol. The molecule has 12 heavy (non-hydrogen) atoms. The van der Waals surface area contributed by atoms with E-state index in [2.05, 4.69) is 0 Å². The molecule has 0 amide bonds. The molecule has 1 rings (SSSR count). The predicted molar refractivity (Wildman–Crippen MR) is 42.8 cm³/mol. The van der Waals surface area contributed by atoms with E-state index in [0.29, 0.717) is 12.3 Å². The topological polar surface area (TPSA) is 82.3 Å². The van der Waals surface area contributed by atoms with E-state index in [4.69, 9.17) is 10.2 Å². The van der Waals surface area contributed by atoms with Gasteiger partial charge in [-0.25, -0.2) is 0 Å². The Morgan fingerprint density at radius 3 is 2.83 bits per heavy atom. The zero-order chi connectivity index (χ0) is 9.14. The molecular weight excluding hydrogens is 160 g/mol. The minimum Gasteiger partial charge on any atom is -0.406 e. The number of nitrogens with two attached hydrogens (primary N) is 1. The van der Waals surface area contributed by atoms with Crippen molar-refractivity contribution in [3.8, 4) is 0 Å². The second-order valence-electron chi connectivity index (χ2n) is 2.57. The van der Waals surface area contributed by atoms with Crippen LogP contribution in [0.5, 0.6) is 0 Å². The van der Waals surface area contributed by atoms with Crippen LogP contribution in [-0.4, -0.2) is 11.5 Å². The summed E-state index contributed by atoms with van der Waals surface area (Å²) in [6.45, 7) is 2.27. The number of hydrogen-bond acceptors (Lipinski definition) is 4. The SMILES string of the molecule is CC(CN)c1ccc([N+](=O)[O-])o1. The van der Waals surface area contributed by atoms with Crippen LogP contribution < -0.4 is 5.73 Å². The van der Waals surface area contributed by atoms with Crippen LogP contribution in [0.1, 0.15) is 18.6 Å². The summed E-state index contributed by atoms with van der Waals surface area (Å²) in [6.07, 6.45) is 0. The summed E-state index contributed by atoms with van der Waals surface area (Å²) >= 11 is 0. The molecule has 0 aliphatic rings. The summed E-state index contributed by atoms with van der Waals surface area (Å²) in [7, 11) is 0. The lowest BCUT2D eigenvalue weighted by atomic mass is 10.1. The molecule has 5 heteroatoms. The van der Waals surface area contributed by atoms with Crippen LogP contribution in [0.3, 0.4) is 0 Å². The Labute approximate surface area is 69.3 Å². The van der Waals surface area contributed by atoms with E-state index in [1.54, 1.807) is 6.07 Å². The minimum atomic E-state index is -0.563. The normalized spacial score (nSPS) is 12.8. The Kier molecular flexibility index (Phi) is 2.44. The van der Waals surface area contributed by atoms with Crippen molar-refractivity contribution < 1.29 is 9.34 Å². The van der Waals surface area contributed by atoms with Gasteiger partial charge < -0.3 is 10.2 Å². The first-order chi connectivity index (χ1) is 5.65. The molecule has 0 bridgehead atoms. The Morgan fingerprint density at radius 1 is 1.75 bits per heavy atom. The van der Waals surface area contributed by atoms with Gasteiger partial charge in [-0.3, -0.25) is 10.1 Å². The second-order valence-corrected chi connectivity index (χ2v) is 2.57. The third-order valence-corrected chi connectivity index (χ3v) is 1.63. The van der Waals surface area contributed by atoms with Gasteiger partial charge in [-0.05, 0) is 6.07 Å².